The van der Waals surface area contributed by atoms with Crippen molar-refractivity contribution in [2.45, 2.75) is 20.4 Å². The molecule has 0 saturated carbocycles. The molecule has 0 amide bonds. The van der Waals surface area contributed by atoms with Gasteiger partial charge in [-0.25, -0.2) is 4.98 Å². The van der Waals surface area contributed by atoms with E-state index in [4.69, 9.17) is 4.42 Å². The Hall–Kier alpha value is -2.23. The van der Waals surface area contributed by atoms with Crippen LogP contribution in [0.4, 0.5) is 5.69 Å². The van der Waals surface area contributed by atoms with Crippen molar-refractivity contribution >= 4 is 16.7 Å². The molecule has 3 aromatic rings. The van der Waals surface area contributed by atoms with Crippen LogP contribution in [0, 0.1) is 13.8 Å². The first-order valence-electron chi connectivity index (χ1n) is 5.96. The summed E-state index contributed by atoms with van der Waals surface area (Å²) in [4.78, 5) is 7.60. The van der Waals surface area contributed by atoms with E-state index in [0.29, 0.717) is 6.54 Å². The fourth-order valence-corrected chi connectivity index (χ4v) is 2.02. The zero-order valence-electron chi connectivity index (χ0n) is 10.4. The minimum absolute atomic E-state index is 0.687. The molecule has 0 radical (unpaired) electrons. The Bertz CT molecular complexity index is 681. The van der Waals surface area contributed by atoms with Crippen molar-refractivity contribution in [3.63, 3.8) is 0 Å². The topological polar surface area (TPSA) is 53.9 Å². The Labute approximate surface area is 105 Å². The van der Waals surface area contributed by atoms with Crippen molar-refractivity contribution in [1.29, 1.82) is 0 Å². The number of rotatable bonds is 3. The average Bonchev–Trinajstić information content (AvgIpc) is 2.90. The molecule has 0 fully saturated rings. The summed E-state index contributed by atoms with van der Waals surface area (Å²) < 4.78 is 5.51. The first-order chi connectivity index (χ1) is 8.70. The van der Waals surface area contributed by atoms with Gasteiger partial charge in [0.1, 0.15) is 17.3 Å². The van der Waals surface area contributed by atoms with Gasteiger partial charge in [0.2, 0.25) is 0 Å². The summed E-state index contributed by atoms with van der Waals surface area (Å²) in [5.41, 5.74) is 3.10. The molecule has 0 aliphatic heterocycles. The Morgan fingerprint density at radius 2 is 2.11 bits per heavy atom. The predicted octanol–water partition coefficient (Wildman–Crippen LogP) is 3.38. The summed E-state index contributed by atoms with van der Waals surface area (Å²) in [5.74, 6) is 2.81. The predicted molar refractivity (Wildman–Crippen MR) is 71.6 cm³/mol. The monoisotopic (exact) mass is 241 g/mol. The smallest absolute Gasteiger partial charge is 0.123 e. The molecule has 2 heterocycles. The Kier molecular flexibility index (Phi) is 2.55. The second kappa shape index (κ2) is 4.22. The van der Waals surface area contributed by atoms with Crippen molar-refractivity contribution in [1.82, 2.24) is 9.97 Å². The van der Waals surface area contributed by atoms with Crippen LogP contribution in [0.2, 0.25) is 0 Å². The fourth-order valence-electron chi connectivity index (χ4n) is 2.02. The number of imidazole rings is 1. The number of furan rings is 1. The van der Waals surface area contributed by atoms with Gasteiger partial charge in [-0.3, -0.25) is 0 Å². The van der Waals surface area contributed by atoms with Crippen LogP contribution in [-0.2, 0) is 6.54 Å². The molecule has 0 aliphatic rings. The van der Waals surface area contributed by atoms with E-state index < -0.39 is 0 Å². The Morgan fingerprint density at radius 1 is 1.22 bits per heavy atom. The van der Waals surface area contributed by atoms with E-state index in [-0.39, 0.29) is 0 Å². The van der Waals surface area contributed by atoms with E-state index >= 15 is 0 Å². The van der Waals surface area contributed by atoms with Crippen LogP contribution in [-0.4, -0.2) is 9.97 Å². The highest BCUT2D eigenvalue weighted by Crippen LogP contribution is 2.18. The zero-order valence-corrected chi connectivity index (χ0v) is 10.4. The van der Waals surface area contributed by atoms with E-state index in [2.05, 4.69) is 21.4 Å². The number of H-pyrrole nitrogens is 1. The third kappa shape index (κ3) is 2.09. The summed E-state index contributed by atoms with van der Waals surface area (Å²) in [7, 11) is 0. The lowest BCUT2D eigenvalue weighted by molar-refractivity contribution is 0.490. The second-order valence-electron chi connectivity index (χ2n) is 4.42. The number of hydrogen-bond acceptors (Lipinski definition) is 3. The van der Waals surface area contributed by atoms with Gasteiger partial charge in [0, 0.05) is 5.69 Å². The summed E-state index contributed by atoms with van der Waals surface area (Å²) in [6, 6.07) is 10.1. The molecular weight excluding hydrogens is 226 g/mol. The summed E-state index contributed by atoms with van der Waals surface area (Å²) in [5, 5.41) is 3.33. The standard InChI is InChI=1S/C14H15N3O/c1-9-3-5-12(18-9)8-15-11-4-6-13-14(7-11)17-10(2)16-13/h3-7,15H,8H2,1-2H3,(H,16,17). The van der Waals surface area contributed by atoms with Crippen molar-refractivity contribution in [2.24, 2.45) is 0 Å². The maximum absolute atomic E-state index is 5.51. The van der Waals surface area contributed by atoms with Crippen molar-refractivity contribution < 1.29 is 4.42 Å². The van der Waals surface area contributed by atoms with Crippen LogP contribution >= 0.6 is 0 Å². The van der Waals surface area contributed by atoms with Crippen LogP contribution in [0.3, 0.4) is 0 Å². The van der Waals surface area contributed by atoms with Gasteiger partial charge >= 0.3 is 0 Å². The van der Waals surface area contributed by atoms with E-state index in [1.54, 1.807) is 0 Å². The number of nitrogens with zero attached hydrogens (tertiary/aromatic N) is 1. The number of benzene rings is 1. The number of aromatic nitrogens is 2. The van der Waals surface area contributed by atoms with Crippen LogP contribution in [0.15, 0.2) is 34.7 Å². The fraction of sp³-hybridized carbons (Fsp3) is 0.214. The molecule has 2 aromatic heterocycles. The van der Waals surface area contributed by atoms with Crippen LogP contribution < -0.4 is 5.32 Å². The SMILES string of the molecule is Cc1nc2ccc(NCc3ccc(C)o3)cc2[nH]1. The summed E-state index contributed by atoms with van der Waals surface area (Å²) in [6.45, 7) is 4.59. The van der Waals surface area contributed by atoms with Gasteiger partial charge in [0.25, 0.3) is 0 Å². The Balaban J connectivity index is 1.78. The van der Waals surface area contributed by atoms with Gasteiger partial charge in [0.05, 0.1) is 17.6 Å². The molecule has 0 aliphatic carbocycles. The van der Waals surface area contributed by atoms with Crippen molar-refractivity contribution in [2.75, 3.05) is 5.32 Å². The van der Waals surface area contributed by atoms with Crippen molar-refractivity contribution in [3.8, 4) is 0 Å². The molecule has 0 bridgehead atoms. The number of aromatic amines is 1. The molecule has 0 atom stereocenters. The number of hydrogen-bond donors (Lipinski definition) is 2. The van der Waals surface area contributed by atoms with Gasteiger partial charge in [0.15, 0.2) is 0 Å². The normalized spacial score (nSPS) is 11.0. The molecule has 4 nitrogen and oxygen atoms in total. The molecule has 0 spiro atoms. The van der Waals surface area contributed by atoms with E-state index in [9.17, 15) is 0 Å². The maximum atomic E-state index is 5.51. The molecule has 18 heavy (non-hydrogen) atoms. The maximum Gasteiger partial charge on any atom is 0.123 e. The second-order valence-corrected chi connectivity index (χ2v) is 4.42. The summed E-state index contributed by atoms with van der Waals surface area (Å²) >= 11 is 0. The molecular formula is C14H15N3O. The van der Waals surface area contributed by atoms with Gasteiger partial charge < -0.3 is 14.7 Å². The first kappa shape index (κ1) is 10.9. The molecule has 4 heteroatoms. The molecule has 92 valence electrons. The van der Waals surface area contributed by atoms with Gasteiger partial charge in [-0.15, -0.1) is 0 Å². The molecule has 3 rings (SSSR count). The Morgan fingerprint density at radius 3 is 2.89 bits per heavy atom. The minimum Gasteiger partial charge on any atom is -0.465 e. The highest BCUT2D eigenvalue weighted by atomic mass is 16.3. The number of aryl methyl sites for hydroxylation is 2. The lowest BCUT2D eigenvalue weighted by Crippen LogP contribution is -1.97. The molecule has 0 unspecified atom stereocenters. The quantitative estimate of drug-likeness (QED) is 0.739. The number of nitrogens with one attached hydrogen (secondary N) is 2. The molecule has 1 aromatic carbocycles. The number of fused-ring (bicyclic) bond motifs is 1. The number of anilines is 1. The zero-order chi connectivity index (χ0) is 12.5. The van der Waals surface area contributed by atoms with Gasteiger partial charge in [-0.1, -0.05) is 0 Å². The van der Waals surface area contributed by atoms with Crippen LogP contribution in [0.25, 0.3) is 11.0 Å². The van der Waals surface area contributed by atoms with Gasteiger partial charge in [-0.2, -0.15) is 0 Å². The third-order valence-corrected chi connectivity index (χ3v) is 2.86. The van der Waals surface area contributed by atoms with E-state index in [1.165, 1.54) is 0 Å². The molecule has 2 N–H and O–H groups in total. The van der Waals surface area contributed by atoms with Crippen LogP contribution in [0.5, 0.6) is 0 Å². The highest BCUT2D eigenvalue weighted by Gasteiger charge is 2.02. The average molecular weight is 241 g/mol. The summed E-state index contributed by atoms with van der Waals surface area (Å²) in [6.07, 6.45) is 0. The highest BCUT2D eigenvalue weighted by molar-refractivity contribution is 5.79. The van der Waals surface area contributed by atoms with Gasteiger partial charge in [-0.05, 0) is 44.2 Å². The molecule has 0 saturated heterocycles. The van der Waals surface area contributed by atoms with E-state index in [1.807, 2.05) is 38.1 Å². The first-order valence-corrected chi connectivity index (χ1v) is 5.96. The minimum atomic E-state index is 0.687. The lowest BCUT2D eigenvalue weighted by Gasteiger charge is -2.03. The van der Waals surface area contributed by atoms with Crippen molar-refractivity contribution in [3.05, 3.63) is 47.7 Å². The van der Waals surface area contributed by atoms with Crippen LogP contribution in [0.1, 0.15) is 17.3 Å². The third-order valence-electron chi connectivity index (χ3n) is 2.86. The van der Waals surface area contributed by atoms with E-state index in [0.717, 1.165) is 34.1 Å². The lowest BCUT2D eigenvalue weighted by atomic mass is 10.2. The largest absolute Gasteiger partial charge is 0.465 e.